The van der Waals surface area contributed by atoms with Gasteiger partial charge in [0, 0.05) is 31.4 Å². The van der Waals surface area contributed by atoms with Crippen LogP contribution in [0.4, 0.5) is 5.69 Å². The summed E-state index contributed by atoms with van der Waals surface area (Å²) < 4.78 is 0. The molecule has 15 heavy (non-hydrogen) atoms. The van der Waals surface area contributed by atoms with E-state index in [1.165, 1.54) is 5.69 Å². The second-order valence-corrected chi connectivity index (χ2v) is 3.76. The summed E-state index contributed by atoms with van der Waals surface area (Å²) in [5.41, 5.74) is 1.19. The summed E-state index contributed by atoms with van der Waals surface area (Å²) in [5.74, 6) is 0.330. The van der Waals surface area contributed by atoms with Gasteiger partial charge in [0.1, 0.15) is 5.75 Å². The molecule has 1 aliphatic heterocycles. The van der Waals surface area contributed by atoms with Crippen molar-refractivity contribution < 1.29 is 5.11 Å². The molecular formula is C11H17ClN2O. The Morgan fingerprint density at radius 1 is 1.33 bits per heavy atom. The Bertz CT molecular complexity index is 302. The minimum absolute atomic E-state index is 0. The van der Waals surface area contributed by atoms with Crippen molar-refractivity contribution in [2.45, 2.75) is 13.0 Å². The van der Waals surface area contributed by atoms with Crippen molar-refractivity contribution in [2.75, 3.05) is 24.5 Å². The maximum atomic E-state index is 9.19. The molecule has 0 bridgehead atoms. The minimum Gasteiger partial charge on any atom is -0.508 e. The van der Waals surface area contributed by atoms with Crippen LogP contribution in [0.2, 0.25) is 0 Å². The van der Waals surface area contributed by atoms with E-state index in [1.807, 2.05) is 12.1 Å². The molecule has 1 heterocycles. The smallest absolute Gasteiger partial charge is 0.115 e. The highest BCUT2D eigenvalue weighted by Crippen LogP contribution is 2.20. The zero-order valence-corrected chi connectivity index (χ0v) is 9.63. The number of nitrogens with one attached hydrogen (secondary N) is 1. The Kier molecular flexibility index (Phi) is 4.24. The van der Waals surface area contributed by atoms with Crippen molar-refractivity contribution in [3.63, 3.8) is 0 Å². The normalized spacial score (nSPS) is 20.9. The molecule has 2 rings (SSSR count). The number of benzene rings is 1. The van der Waals surface area contributed by atoms with E-state index in [4.69, 9.17) is 0 Å². The minimum atomic E-state index is 0. The van der Waals surface area contributed by atoms with E-state index in [0.717, 1.165) is 19.6 Å². The van der Waals surface area contributed by atoms with E-state index >= 15 is 0 Å². The zero-order valence-electron chi connectivity index (χ0n) is 8.81. The molecule has 0 spiro atoms. The van der Waals surface area contributed by atoms with Crippen LogP contribution in [0, 0.1) is 0 Å². The summed E-state index contributed by atoms with van der Waals surface area (Å²) in [7, 11) is 0. The highest BCUT2D eigenvalue weighted by Gasteiger charge is 2.17. The predicted octanol–water partition coefficient (Wildman–Crippen LogP) is 1.61. The molecule has 1 aromatic carbocycles. The lowest BCUT2D eigenvalue weighted by Gasteiger charge is -2.35. The second kappa shape index (κ2) is 5.24. The third-order valence-electron chi connectivity index (χ3n) is 2.68. The van der Waals surface area contributed by atoms with E-state index in [2.05, 4.69) is 17.1 Å². The number of phenolic OH excluding ortho intramolecular Hbond substituents is 1. The number of nitrogens with zero attached hydrogens (tertiary/aromatic N) is 1. The second-order valence-electron chi connectivity index (χ2n) is 3.76. The van der Waals surface area contributed by atoms with E-state index in [-0.39, 0.29) is 12.4 Å². The molecule has 1 fully saturated rings. The van der Waals surface area contributed by atoms with E-state index < -0.39 is 0 Å². The maximum absolute atomic E-state index is 9.19. The number of hydrogen-bond acceptors (Lipinski definition) is 3. The van der Waals surface area contributed by atoms with Gasteiger partial charge in [-0.3, -0.25) is 0 Å². The molecule has 0 radical (unpaired) electrons. The quantitative estimate of drug-likeness (QED) is 0.767. The average molecular weight is 229 g/mol. The molecule has 1 aromatic rings. The van der Waals surface area contributed by atoms with Crippen LogP contribution >= 0.6 is 12.4 Å². The van der Waals surface area contributed by atoms with Gasteiger partial charge in [-0.2, -0.15) is 0 Å². The third kappa shape index (κ3) is 2.76. The van der Waals surface area contributed by atoms with Crippen molar-refractivity contribution in [1.29, 1.82) is 0 Å². The first-order valence-corrected chi connectivity index (χ1v) is 5.04. The van der Waals surface area contributed by atoms with Gasteiger partial charge < -0.3 is 15.3 Å². The lowest BCUT2D eigenvalue weighted by molar-refractivity contribution is 0.474. The van der Waals surface area contributed by atoms with E-state index in [9.17, 15) is 5.11 Å². The van der Waals surface area contributed by atoms with Crippen LogP contribution in [0.15, 0.2) is 24.3 Å². The zero-order chi connectivity index (χ0) is 9.97. The highest BCUT2D eigenvalue weighted by atomic mass is 35.5. The van der Waals surface area contributed by atoms with Gasteiger partial charge in [0.2, 0.25) is 0 Å². The standard InChI is InChI=1S/C11H16N2O.ClH/c1-9-8-12-6-7-13(9)10-2-4-11(14)5-3-10;/h2-5,9,12,14H,6-8H2,1H3;1H/t9-;/m1./s1. The van der Waals surface area contributed by atoms with Crippen LogP contribution in [0.3, 0.4) is 0 Å². The van der Waals surface area contributed by atoms with Gasteiger partial charge in [-0.1, -0.05) is 0 Å². The van der Waals surface area contributed by atoms with Gasteiger partial charge in [0.25, 0.3) is 0 Å². The molecule has 0 saturated carbocycles. The van der Waals surface area contributed by atoms with Crippen LogP contribution in [-0.2, 0) is 0 Å². The molecule has 0 amide bonds. The van der Waals surface area contributed by atoms with Crippen molar-refractivity contribution in [3.8, 4) is 5.75 Å². The molecule has 0 aliphatic carbocycles. The number of aromatic hydroxyl groups is 1. The molecule has 3 nitrogen and oxygen atoms in total. The first-order chi connectivity index (χ1) is 6.77. The molecule has 2 N–H and O–H groups in total. The van der Waals surface area contributed by atoms with Gasteiger partial charge in [0.15, 0.2) is 0 Å². The summed E-state index contributed by atoms with van der Waals surface area (Å²) in [6, 6.07) is 7.94. The predicted molar refractivity (Wildman–Crippen MR) is 65.0 cm³/mol. The van der Waals surface area contributed by atoms with Crippen molar-refractivity contribution >= 4 is 18.1 Å². The fourth-order valence-electron chi connectivity index (χ4n) is 1.87. The monoisotopic (exact) mass is 228 g/mol. The van der Waals surface area contributed by atoms with Crippen LogP contribution < -0.4 is 10.2 Å². The molecule has 1 aliphatic rings. The summed E-state index contributed by atoms with van der Waals surface area (Å²) in [4.78, 5) is 2.36. The fourth-order valence-corrected chi connectivity index (χ4v) is 1.87. The molecule has 84 valence electrons. The SMILES string of the molecule is C[C@@H]1CNCCN1c1ccc(O)cc1.Cl. The summed E-state index contributed by atoms with van der Waals surface area (Å²) in [6.45, 7) is 5.30. The molecule has 1 saturated heterocycles. The Morgan fingerprint density at radius 2 is 2.00 bits per heavy atom. The third-order valence-corrected chi connectivity index (χ3v) is 2.68. The number of hydrogen-bond donors (Lipinski definition) is 2. The van der Waals surface area contributed by atoms with Gasteiger partial charge >= 0.3 is 0 Å². The van der Waals surface area contributed by atoms with Crippen LogP contribution in [0.25, 0.3) is 0 Å². The first kappa shape index (κ1) is 12.1. The molecule has 1 atom stereocenters. The maximum Gasteiger partial charge on any atom is 0.115 e. The van der Waals surface area contributed by atoms with Gasteiger partial charge in [-0.25, -0.2) is 0 Å². The molecule has 0 aromatic heterocycles. The number of halogens is 1. The average Bonchev–Trinajstić information content (AvgIpc) is 2.20. The van der Waals surface area contributed by atoms with Crippen molar-refractivity contribution in [3.05, 3.63) is 24.3 Å². The largest absolute Gasteiger partial charge is 0.508 e. The van der Waals surface area contributed by atoms with Crippen LogP contribution in [0.5, 0.6) is 5.75 Å². The van der Waals surface area contributed by atoms with E-state index in [1.54, 1.807) is 12.1 Å². The van der Waals surface area contributed by atoms with Crippen LogP contribution in [-0.4, -0.2) is 30.8 Å². The van der Waals surface area contributed by atoms with Crippen LogP contribution in [0.1, 0.15) is 6.92 Å². The lowest BCUT2D eigenvalue weighted by Crippen LogP contribution is -2.49. The highest BCUT2D eigenvalue weighted by molar-refractivity contribution is 5.85. The molecular weight excluding hydrogens is 212 g/mol. The lowest BCUT2D eigenvalue weighted by atomic mass is 10.2. The number of anilines is 1. The molecule has 0 unspecified atom stereocenters. The van der Waals surface area contributed by atoms with E-state index in [0.29, 0.717) is 11.8 Å². The number of phenols is 1. The Hall–Kier alpha value is -0.930. The summed E-state index contributed by atoms with van der Waals surface area (Å²) >= 11 is 0. The Labute approximate surface area is 96.5 Å². The summed E-state index contributed by atoms with van der Waals surface area (Å²) in [6.07, 6.45) is 0. The van der Waals surface area contributed by atoms with Crippen molar-refractivity contribution in [2.24, 2.45) is 0 Å². The fraction of sp³-hybridized carbons (Fsp3) is 0.455. The topological polar surface area (TPSA) is 35.5 Å². The van der Waals surface area contributed by atoms with Gasteiger partial charge in [0.05, 0.1) is 0 Å². The van der Waals surface area contributed by atoms with Gasteiger partial charge in [-0.05, 0) is 31.2 Å². The summed E-state index contributed by atoms with van der Waals surface area (Å²) in [5, 5.41) is 12.5. The number of piperazine rings is 1. The molecule has 4 heteroatoms. The Morgan fingerprint density at radius 3 is 2.60 bits per heavy atom. The first-order valence-electron chi connectivity index (χ1n) is 5.04. The van der Waals surface area contributed by atoms with Gasteiger partial charge in [-0.15, -0.1) is 12.4 Å². The van der Waals surface area contributed by atoms with Crippen molar-refractivity contribution in [1.82, 2.24) is 5.32 Å². The Balaban J connectivity index is 0.00000112. The number of rotatable bonds is 1.